The number of esters is 1. The molecule has 0 heterocycles. The summed E-state index contributed by atoms with van der Waals surface area (Å²) in [6.07, 6.45) is 3.13. The molecule has 0 fully saturated rings. The van der Waals surface area contributed by atoms with Gasteiger partial charge in [0.15, 0.2) is 0 Å². The molecule has 0 spiro atoms. The van der Waals surface area contributed by atoms with Crippen LogP contribution in [0.1, 0.15) is 22.3 Å². The molecule has 3 heteroatoms. The lowest BCUT2D eigenvalue weighted by Crippen LogP contribution is -2.06. The normalized spacial score (nSPS) is 10.9. The number of rotatable bonds is 3. The number of aryl methyl sites for hydroxylation is 2. The van der Waals surface area contributed by atoms with Gasteiger partial charge in [-0.1, -0.05) is 35.9 Å². The van der Waals surface area contributed by atoms with Gasteiger partial charge >= 0.3 is 5.97 Å². The SMILES string of the molecule is Cc1ccc(C)c(OC(=O)/C=C/c2ccc(Cl)cc2)c1C. The fourth-order valence-corrected chi connectivity index (χ4v) is 2.08. The molecule has 0 aliphatic heterocycles. The fraction of sp³-hybridized carbons (Fsp3) is 0.167. The number of ether oxygens (including phenoxy) is 1. The molecule has 2 aromatic carbocycles. The van der Waals surface area contributed by atoms with E-state index in [1.54, 1.807) is 18.2 Å². The van der Waals surface area contributed by atoms with Crippen LogP contribution in [0.3, 0.4) is 0 Å². The smallest absolute Gasteiger partial charge is 0.336 e. The Morgan fingerprint density at radius 1 is 1.00 bits per heavy atom. The first-order valence-corrected chi connectivity index (χ1v) is 7.07. The van der Waals surface area contributed by atoms with E-state index in [-0.39, 0.29) is 5.97 Å². The number of hydrogen-bond donors (Lipinski definition) is 0. The summed E-state index contributed by atoms with van der Waals surface area (Å²) in [5.74, 6) is 0.252. The number of carbonyl (C=O) groups is 1. The molecule has 2 nitrogen and oxygen atoms in total. The molecule has 0 saturated carbocycles. The van der Waals surface area contributed by atoms with Gasteiger partial charge in [-0.3, -0.25) is 0 Å². The third-order valence-corrected chi connectivity index (χ3v) is 3.61. The van der Waals surface area contributed by atoms with Gasteiger partial charge in [0.25, 0.3) is 0 Å². The van der Waals surface area contributed by atoms with Crippen molar-refractivity contribution in [1.82, 2.24) is 0 Å². The topological polar surface area (TPSA) is 26.3 Å². The third-order valence-electron chi connectivity index (χ3n) is 3.36. The molecule has 0 aliphatic carbocycles. The Balaban J connectivity index is 2.12. The van der Waals surface area contributed by atoms with Gasteiger partial charge < -0.3 is 4.74 Å². The molecule has 0 saturated heterocycles. The molecule has 0 N–H and O–H groups in total. The second kappa shape index (κ2) is 6.59. The second-order valence-corrected chi connectivity index (χ2v) is 5.40. The number of halogens is 1. The molecule has 2 rings (SSSR count). The number of benzene rings is 2. The van der Waals surface area contributed by atoms with Crippen LogP contribution in [0.15, 0.2) is 42.5 Å². The predicted molar refractivity (Wildman–Crippen MR) is 86.8 cm³/mol. The van der Waals surface area contributed by atoms with Crippen molar-refractivity contribution >= 4 is 23.6 Å². The summed E-state index contributed by atoms with van der Waals surface area (Å²) >= 11 is 5.82. The second-order valence-electron chi connectivity index (χ2n) is 4.96. The lowest BCUT2D eigenvalue weighted by molar-refractivity contribution is -0.129. The van der Waals surface area contributed by atoms with Crippen molar-refractivity contribution in [3.63, 3.8) is 0 Å². The van der Waals surface area contributed by atoms with E-state index in [1.807, 2.05) is 45.0 Å². The molecular formula is C18H17ClO2. The predicted octanol–water partition coefficient (Wildman–Crippen LogP) is 4.88. The first kappa shape index (κ1) is 15.3. The van der Waals surface area contributed by atoms with Gasteiger partial charge in [0, 0.05) is 11.1 Å². The van der Waals surface area contributed by atoms with E-state index in [1.165, 1.54) is 6.08 Å². The quantitative estimate of drug-likeness (QED) is 0.458. The molecule has 0 bridgehead atoms. The van der Waals surface area contributed by atoms with Gasteiger partial charge in [0.2, 0.25) is 0 Å². The monoisotopic (exact) mass is 300 g/mol. The van der Waals surface area contributed by atoms with Crippen molar-refractivity contribution in [1.29, 1.82) is 0 Å². The van der Waals surface area contributed by atoms with Crippen LogP contribution in [-0.2, 0) is 4.79 Å². The number of hydrogen-bond acceptors (Lipinski definition) is 2. The van der Waals surface area contributed by atoms with Crippen LogP contribution in [-0.4, -0.2) is 5.97 Å². The molecule has 0 atom stereocenters. The Kier molecular flexibility index (Phi) is 4.81. The maximum absolute atomic E-state index is 11.9. The Bertz CT molecular complexity index is 685. The van der Waals surface area contributed by atoms with Crippen molar-refractivity contribution < 1.29 is 9.53 Å². The Labute approximate surface area is 130 Å². The zero-order valence-electron chi connectivity index (χ0n) is 12.3. The van der Waals surface area contributed by atoms with E-state index in [9.17, 15) is 4.79 Å². The molecule has 108 valence electrons. The standard InChI is InChI=1S/C18H17ClO2/c1-12-4-5-13(2)18(14(12)3)21-17(20)11-8-15-6-9-16(19)10-7-15/h4-11H,1-3H3/b11-8+. The van der Waals surface area contributed by atoms with Crippen LogP contribution in [0.5, 0.6) is 5.75 Å². The van der Waals surface area contributed by atoms with E-state index < -0.39 is 0 Å². The van der Waals surface area contributed by atoms with Gasteiger partial charge in [-0.15, -0.1) is 0 Å². The summed E-state index contributed by atoms with van der Waals surface area (Å²) in [5, 5.41) is 0.667. The van der Waals surface area contributed by atoms with E-state index in [2.05, 4.69) is 0 Å². The first-order valence-electron chi connectivity index (χ1n) is 6.69. The van der Waals surface area contributed by atoms with Crippen molar-refractivity contribution in [2.24, 2.45) is 0 Å². The van der Waals surface area contributed by atoms with Gasteiger partial charge in [-0.2, -0.15) is 0 Å². The van der Waals surface area contributed by atoms with Crippen LogP contribution < -0.4 is 4.74 Å². The summed E-state index contributed by atoms with van der Waals surface area (Å²) < 4.78 is 5.45. The molecule has 0 aliphatic rings. The minimum atomic E-state index is -0.387. The summed E-state index contributed by atoms with van der Waals surface area (Å²) in [6.45, 7) is 5.88. The van der Waals surface area contributed by atoms with Gasteiger partial charge in [0.05, 0.1) is 0 Å². The molecule has 21 heavy (non-hydrogen) atoms. The Morgan fingerprint density at radius 2 is 1.62 bits per heavy atom. The number of carbonyl (C=O) groups excluding carboxylic acids is 1. The van der Waals surface area contributed by atoms with Crippen molar-refractivity contribution in [3.8, 4) is 5.75 Å². The Morgan fingerprint density at radius 3 is 2.29 bits per heavy atom. The van der Waals surface area contributed by atoms with Crippen molar-refractivity contribution in [2.75, 3.05) is 0 Å². The minimum Gasteiger partial charge on any atom is -0.423 e. The highest BCUT2D eigenvalue weighted by Crippen LogP contribution is 2.25. The van der Waals surface area contributed by atoms with Crippen LogP contribution >= 0.6 is 11.6 Å². The lowest BCUT2D eigenvalue weighted by atomic mass is 10.1. The van der Waals surface area contributed by atoms with E-state index in [4.69, 9.17) is 16.3 Å². The maximum atomic E-state index is 11.9. The first-order chi connectivity index (χ1) is 9.97. The molecule has 0 unspecified atom stereocenters. The van der Waals surface area contributed by atoms with Crippen molar-refractivity contribution in [2.45, 2.75) is 20.8 Å². The van der Waals surface area contributed by atoms with Crippen LogP contribution in [0.2, 0.25) is 5.02 Å². The largest absolute Gasteiger partial charge is 0.423 e. The highest BCUT2D eigenvalue weighted by molar-refractivity contribution is 6.30. The van der Waals surface area contributed by atoms with Crippen LogP contribution in [0.25, 0.3) is 6.08 Å². The molecule has 0 amide bonds. The third kappa shape index (κ3) is 3.96. The zero-order chi connectivity index (χ0) is 15.4. The molecule has 0 radical (unpaired) electrons. The van der Waals surface area contributed by atoms with E-state index in [0.29, 0.717) is 10.8 Å². The van der Waals surface area contributed by atoms with Crippen LogP contribution in [0.4, 0.5) is 0 Å². The van der Waals surface area contributed by atoms with E-state index in [0.717, 1.165) is 22.3 Å². The highest BCUT2D eigenvalue weighted by Gasteiger charge is 2.09. The van der Waals surface area contributed by atoms with Gasteiger partial charge in [0.1, 0.15) is 5.75 Å². The summed E-state index contributed by atoms with van der Waals surface area (Å²) in [4.78, 5) is 11.9. The summed E-state index contributed by atoms with van der Waals surface area (Å²) in [5.41, 5.74) is 3.94. The van der Waals surface area contributed by atoms with Gasteiger partial charge in [-0.25, -0.2) is 4.79 Å². The van der Waals surface area contributed by atoms with Crippen LogP contribution in [0, 0.1) is 20.8 Å². The summed E-state index contributed by atoms with van der Waals surface area (Å²) in [6, 6.07) is 11.2. The minimum absolute atomic E-state index is 0.387. The summed E-state index contributed by atoms with van der Waals surface area (Å²) in [7, 11) is 0. The van der Waals surface area contributed by atoms with Gasteiger partial charge in [-0.05, 0) is 61.2 Å². The fourth-order valence-electron chi connectivity index (χ4n) is 1.96. The zero-order valence-corrected chi connectivity index (χ0v) is 13.1. The molecule has 0 aromatic heterocycles. The molecular weight excluding hydrogens is 284 g/mol. The van der Waals surface area contributed by atoms with E-state index >= 15 is 0 Å². The highest BCUT2D eigenvalue weighted by atomic mass is 35.5. The Hall–Kier alpha value is -2.06. The van der Waals surface area contributed by atoms with Crippen molar-refractivity contribution in [3.05, 3.63) is 69.8 Å². The lowest BCUT2D eigenvalue weighted by Gasteiger charge is -2.11. The average molecular weight is 301 g/mol. The molecule has 2 aromatic rings. The average Bonchev–Trinajstić information content (AvgIpc) is 2.47. The maximum Gasteiger partial charge on any atom is 0.336 e.